The van der Waals surface area contributed by atoms with Gasteiger partial charge >= 0.3 is 5.97 Å². The molecule has 1 aliphatic rings. The number of benzene rings is 2. The van der Waals surface area contributed by atoms with Crippen molar-refractivity contribution in [3.05, 3.63) is 106 Å². The Kier molecular flexibility index (Phi) is 6.27. The number of ether oxygens (including phenoxy) is 1. The first-order valence-electron chi connectivity index (χ1n) is 10.7. The van der Waals surface area contributed by atoms with Crippen LogP contribution in [0.15, 0.2) is 72.6 Å². The number of hydrogen-bond acceptors (Lipinski definition) is 6. The number of Topliss-reactive ketones (excluding diaryl/α,β-unsaturated/α-hetero) is 1. The Morgan fingerprint density at radius 1 is 1.03 bits per heavy atom. The summed E-state index contributed by atoms with van der Waals surface area (Å²) in [7, 11) is 1.30. The van der Waals surface area contributed by atoms with Crippen LogP contribution in [0.5, 0.6) is 0 Å². The number of esters is 1. The second-order valence-corrected chi connectivity index (χ2v) is 8.21. The third-order valence-electron chi connectivity index (χ3n) is 5.94. The van der Waals surface area contributed by atoms with Gasteiger partial charge in [-0.15, -0.1) is 0 Å². The summed E-state index contributed by atoms with van der Waals surface area (Å²) in [6.07, 6.45) is 3.23. The maximum absolute atomic E-state index is 13.2. The van der Waals surface area contributed by atoms with Crippen LogP contribution in [0, 0.1) is 13.8 Å². The van der Waals surface area contributed by atoms with Gasteiger partial charge in [-0.2, -0.15) is 0 Å². The molecule has 4 rings (SSSR count). The average molecular weight is 456 g/mol. The molecule has 1 aromatic heterocycles. The van der Waals surface area contributed by atoms with Crippen molar-refractivity contribution < 1.29 is 24.2 Å². The minimum absolute atomic E-state index is 0.0126. The molecule has 1 N–H and O–H groups in total. The van der Waals surface area contributed by atoms with Crippen molar-refractivity contribution in [1.29, 1.82) is 0 Å². The van der Waals surface area contributed by atoms with Crippen molar-refractivity contribution >= 4 is 23.4 Å². The summed E-state index contributed by atoms with van der Waals surface area (Å²) >= 11 is 0. The number of carbonyl (C=O) groups excluding carboxylic acids is 3. The molecule has 172 valence electrons. The molecule has 1 unspecified atom stereocenters. The molecule has 0 radical (unpaired) electrons. The minimum Gasteiger partial charge on any atom is -0.507 e. The highest BCUT2D eigenvalue weighted by Crippen LogP contribution is 2.40. The second kappa shape index (κ2) is 9.31. The number of methoxy groups -OCH3 is 1. The number of aromatic nitrogens is 1. The number of hydrogen-bond donors (Lipinski definition) is 1. The molecule has 0 aliphatic carbocycles. The second-order valence-electron chi connectivity index (χ2n) is 8.21. The zero-order valence-corrected chi connectivity index (χ0v) is 19.1. The zero-order valence-electron chi connectivity index (χ0n) is 19.1. The molecule has 7 heteroatoms. The fraction of sp³-hybridized carbons (Fsp3) is 0.185. The van der Waals surface area contributed by atoms with E-state index in [-0.39, 0.29) is 17.9 Å². The lowest BCUT2D eigenvalue weighted by Crippen LogP contribution is -2.29. The summed E-state index contributed by atoms with van der Waals surface area (Å²) in [5.74, 6) is -2.17. The Bertz CT molecular complexity index is 1300. The maximum Gasteiger partial charge on any atom is 0.337 e. The van der Waals surface area contributed by atoms with Crippen LogP contribution in [0.3, 0.4) is 0 Å². The van der Waals surface area contributed by atoms with Crippen molar-refractivity contribution in [2.24, 2.45) is 0 Å². The number of nitrogens with zero attached hydrogens (tertiary/aromatic N) is 2. The van der Waals surface area contributed by atoms with Gasteiger partial charge in [0.15, 0.2) is 0 Å². The number of likely N-dealkylation sites (tertiary alicyclic amines) is 1. The van der Waals surface area contributed by atoms with Gasteiger partial charge in [-0.05, 0) is 60.9 Å². The lowest BCUT2D eigenvalue weighted by molar-refractivity contribution is -0.140. The Labute approximate surface area is 197 Å². The first-order valence-corrected chi connectivity index (χ1v) is 10.7. The molecule has 2 heterocycles. The molecular formula is C27H24N2O5. The van der Waals surface area contributed by atoms with Gasteiger partial charge in [0, 0.05) is 24.5 Å². The molecule has 0 bridgehead atoms. The largest absolute Gasteiger partial charge is 0.507 e. The van der Waals surface area contributed by atoms with Crippen LogP contribution in [0.4, 0.5) is 0 Å². The molecule has 0 spiro atoms. The Morgan fingerprint density at radius 3 is 2.35 bits per heavy atom. The predicted molar refractivity (Wildman–Crippen MR) is 126 cm³/mol. The molecule has 0 saturated carbocycles. The highest BCUT2D eigenvalue weighted by molar-refractivity contribution is 6.46. The van der Waals surface area contributed by atoms with E-state index in [4.69, 9.17) is 4.74 Å². The summed E-state index contributed by atoms with van der Waals surface area (Å²) in [4.78, 5) is 43.7. The summed E-state index contributed by atoms with van der Waals surface area (Å²) in [6, 6.07) is 14.7. The van der Waals surface area contributed by atoms with Crippen LogP contribution in [-0.4, -0.2) is 39.8 Å². The standard InChI is InChI=1S/C27H24N2O5/c1-16-4-5-17(2)21(14-16)24(30)22-23(19-6-8-20(9-7-19)27(33)34-3)29(26(32)25(22)31)15-18-10-12-28-13-11-18/h4-14,23,30H,15H2,1-3H3. The maximum atomic E-state index is 13.2. The Morgan fingerprint density at radius 2 is 1.71 bits per heavy atom. The Balaban J connectivity index is 1.88. The monoisotopic (exact) mass is 456 g/mol. The summed E-state index contributed by atoms with van der Waals surface area (Å²) in [6.45, 7) is 3.88. The van der Waals surface area contributed by atoms with Gasteiger partial charge in [0.2, 0.25) is 0 Å². The molecule has 1 fully saturated rings. The normalized spacial score (nSPS) is 17.1. The number of pyridine rings is 1. The summed E-state index contributed by atoms with van der Waals surface area (Å²) in [5.41, 5.74) is 3.93. The fourth-order valence-corrected chi connectivity index (χ4v) is 4.13. The summed E-state index contributed by atoms with van der Waals surface area (Å²) < 4.78 is 4.76. The van der Waals surface area contributed by atoms with Gasteiger partial charge in [-0.25, -0.2) is 4.79 Å². The number of aryl methyl sites for hydroxylation is 2. The van der Waals surface area contributed by atoms with E-state index in [1.54, 1.807) is 54.9 Å². The highest BCUT2D eigenvalue weighted by Gasteiger charge is 2.46. The van der Waals surface area contributed by atoms with E-state index < -0.39 is 23.7 Å². The molecule has 1 aliphatic heterocycles. The van der Waals surface area contributed by atoms with E-state index >= 15 is 0 Å². The van der Waals surface area contributed by atoms with Crippen molar-refractivity contribution in [2.75, 3.05) is 7.11 Å². The van der Waals surface area contributed by atoms with E-state index in [9.17, 15) is 19.5 Å². The lowest BCUT2D eigenvalue weighted by Gasteiger charge is -2.25. The SMILES string of the molecule is COC(=O)c1ccc(C2C(=C(O)c3cc(C)ccc3C)C(=O)C(=O)N2Cc2ccncc2)cc1. The van der Waals surface area contributed by atoms with Gasteiger partial charge in [0.1, 0.15) is 5.76 Å². The quantitative estimate of drug-likeness (QED) is 0.269. The smallest absolute Gasteiger partial charge is 0.337 e. The van der Waals surface area contributed by atoms with Gasteiger partial charge in [-0.1, -0.05) is 29.8 Å². The van der Waals surface area contributed by atoms with Gasteiger partial charge < -0.3 is 14.7 Å². The van der Waals surface area contributed by atoms with Crippen molar-refractivity contribution in [2.45, 2.75) is 26.4 Å². The third kappa shape index (κ3) is 4.20. The van der Waals surface area contributed by atoms with Crippen molar-refractivity contribution in [1.82, 2.24) is 9.88 Å². The van der Waals surface area contributed by atoms with E-state index in [2.05, 4.69) is 4.98 Å². The first kappa shape index (κ1) is 22.9. The molecule has 3 aromatic rings. The highest BCUT2D eigenvalue weighted by atomic mass is 16.5. The van der Waals surface area contributed by atoms with Crippen LogP contribution in [0.25, 0.3) is 5.76 Å². The molecule has 34 heavy (non-hydrogen) atoms. The minimum atomic E-state index is -0.834. The molecular weight excluding hydrogens is 432 g/mol. The number of ketones is 1. The molecule has 1 amide bonds. The van der Waals surface area contributed by atoms with Crippen LogP contribution in [0.1, 0.15) is 44.2 Å². The third-order valence-corrected chi connectivity index (χ3v) is 5.94. The van der Waals surface area contributed by atoms with E-state index in [1.807, 2.05) is 26.0 Å². The molecule has 2 aromatic carbocycles. The van der Waals surface area contributed by atoms with E-state index in [0.29, 0.717) is 16.7 Å². The van der Waals surface area contributed by atoms with Gasteiger partial charge in [0.05, 0.1) is 24.3 Å². The van der Waals surface area contributed by atoms with Gasteiger partial charge in [0.25, 0.3) is 11.7 Å². The van der Waals surface area contributed by atoms with E-state index in [0.717, 1.165) is 16.7 Å². The number of rotatable bonds is 5. The summed E-state index contributed by atoms with van der Waals surface area (Å²) in [5, 5.41) is 11.3. The fourth-order valence-electron chi connectivity index (χ4n) is 4.13. The van der Waals surface area contributed by atoms with E-state index in [1.165, 1.54) is 12.0 Å². The molecule has 1 saturated heterocycles. The van der Waals surface area contributed by atoms with Gasteiger partial charge in [-0.3, -0.25) is 14.6 Å². The number of aliphatic hydroxyl groups excluding tert-OH is 1. The van der Waals surface area contributed by atoms with Crippen LogP contribution in [0.2, 0.25) is 0 Å². The number of carbonyl (C=O) groups is 3. The molecule has 7 nitrogen and oxygen atoms in total. The van der Waals surface area contributed by atoms with Crippen molar-refractivity contribution in [3.63, 3.8) is 0 Å². The zero-order chi connectivity index (χ0) is 24.4. The predicted octanol–water partition coefficient (Wildman–Crippen LogP) is 4.11. The number of amides is 1. The topological polar surface area (TPSA) is 96.8 Å². The molecule has 1 atom stereocenters. The number of aliphatic hydroxyl groups is 1. The lowest BCUT2D eigenvalue weighted by atomic mass is 9.93. The van der Waals surface area contributed by atoms with Crippen LogP contribution in [-0.2, 0) is 20.9 Å². The average Bonchev–Trinajstić information content (AvgIpc) is 3.10. The van der Waals surface area contributed by atoms with Crippen LogP contribution < -0.4 is 0 Å². The van der Waals surface area contributed by atoms with Crippen LogP contribution >= 0.6 is 0 Å². The Hall–Kier alpha value is -4.26. The van der Waals surface area contributed by atoms with Crippen molar-refractivity contribution in [3.8, 4) is 0 Å². The first-order chi connectivity index (χ1) is 16.3.